The van der Waals surface area contributed by atoms with Crippen LogP contribution in [-0.4, -0.2) is 65.8 Å². The SMILES string of the molecule is CCn1c(-c2ccncc2)nc2c(N3CCOCC3)nc(-n3cc(-c4ccccc4)nn3)nc21. The van der Waals surface area contributed by atoms with Crippen LogP contribution in [-0.2, 0) is 11.3 Å². The second-order valence-corrected chi connectivity index (χ2v) is 7.95. The number of anilines is 1. The second kappa shape index (κ2) is 8.64. The highest BCUT2D eigenvalue weighted by molar-refractivity contribution is 5.87. The largest absolute Gasteiger partial charge is 0.378 e. The molecule has 1 fully saturated rings. The number of ether oxygens (including phenoxy) is 1. The van der Waals surface area contributed by atoms with E-state index in [9.17, 15) is 0 Å². The lowest BCUT2D eigenvalue weighted by Gasteiger charge is -2.28. The first-order chi connectivity index (χ1) is 16.8. The summed E-state index contributed by atoms with van der Waals surface area (Å²) in [6.45, 7) is 5.57. The molecule has 0 saturated carbocycles. The van der Waals surface area contributed by atoms with Gasteiger partial charge in [0.15, 0.2) is 17.0 Å². The molecule has 5 aromatic rings. The molecule has 0 spiro atoms. The smallest absolute Gasteiger partial charge is 0.256 e. The minimum absolute atomic E-state index is 0.458. The summed E-state index contributed by atoms with van der Waals surface area (Å²) >= 11 is 0. The predicted molar refractivity (Wildman–Crippen MR) is 128 cm³/mol. The maximum atomic E-state index is 5.57. The molecular weight excluding hydrogens is 430 g/mol. The van der Waals surface area contributed by atoms with E-state index in [1.807, 2.05) is 48.7 Å². The highest BCUT2D eigenvalue weighted by Gasteiger charge is 2.24. The number of pyridine rings is 1. The van der Waals surface area contributed by atoms with E-state index in [0.29, 0.717) is 25.7 Å². The molecule has 34 heavy (non-hydrogen) atoms. The van der Waals surface area contributed by atoms with Crippen LogP contribution >= 0.6 is 0 Å². The fourth-order valence-electron chi connectivity index (χ4n) is 4.20. The minimum Gasteiger partial charge on any atom is -0.378 e. The van der Waals surface area contributed by atoms with Gasteiger partial charge in [0.25, 0.3) is 5.95 Å². The van der Waals surface area contributed by atoms with Crippen LogP contribution in [0.4, 0.5) is 5.82 Å². The maximum Gasteiger partial charge on any atom is 0.256 e. The first-order valence-electron chi connectivity index (χ1n) is 11.3. The van der Waals surface area contributed by atoms with Crippen molar-refractivity contribution in [1.29, 1.82) is 0 Å². The van der Waals surface area contributed by atoms with E-state index in [1.165, 1.54) is 0 Å². The summed E-state index contributed by atoms with van der Waals surface area (Å²) in [6, 6.07) is 13.9. The van der Waals surface area contributed by atoms with Gasteiger partial charge in [-0.15, -0.1) is 5.10 Å². The van der Waals surface area contributed by atoms with Crippen molar-refractivity contribution in [3.8, 4) is 28.6 Å². The number of nitrogens with zero attached hydrogens (tertiary/aromatic N) is 9. The van der Waals surface area contributed by atoms with Crippen LogP contribution in [0.15, 0.2) is 61.1 Å². The summed E-state index contributed by atoms with van der Waals surface area (Å²) in [5.41, 5.74) is 4.26. The highest BCUT2D eigenvalue weighted by Crippen LogP contribution is 2.30. The van der Waals surface area contributed by atoms with Crippen molar-refractivity contribution in [2.75, 3.05) is 31.2 Å². The van der Waals surface area contributed by atoms with Crippen LogP contribution in [0.2, 0.25) is 0 Å². The van der Waals surface area contributed by atoms with Crippen molar-refractivity contribution in [2.45, 2.75) is 13.5 Å². The molecule has 4 aromatic heterocycles. The Morgan fingerprint density at radius 1 is 0.912 bits per heavy atom. The van der Waals surface area contributed by atoms with Crippen LogP contribution in [0, 0.1) is 0 Å². The van der Waals surface area contributed by atoms with Gasteiger partial charge in [0.1, 0.15) is 11.5 Å². The van der Waals surface area contributed by atoms with Gasteiger partial charge in [0.2, 0.25) is 0 Å². The molecule has 6 rings (SSSR count). The van der Waals surface area contributed by atoms with Gasteiger partial charge in [-0.05, 0) is 19.1 Å². The van der Waals surface area contributed by atoms with E-state index in [4.69, 9.17) is 19.7 Å². The molecule has 5 heterocycles. The molecule has 1 aliphatic heterocycles. The van der Waals surface area contributed by atoms with Crippen molar-refractivity contribution >= 4 is 17.0 Å². The Morgan fingerprint density at radius 2 is 1.71 bits per heavy atom. The Kier molecular flexibility index (Phi) is 5.19. The first kappa shape index (κ1) is 20.4. The minimum atomic E-state index is 0.458. The van der Waals surface area contributed by atoms with Gasteiger partial charge in [-0.2, -0.15) is 14.6 Å². The molecule has 0 amide bonds. The number of imidazole rings is 1. The zero-order chi connectivity index (χ0) is 22.9. The van der Waals surface area contributed by atoms with Gasteiger partial charge in [-0.3, -0.25) is 4.98 Å². The van der Waals surface area contributed by atoms with E-state index in [2.05, 4.69) is 31.7 Å². The van der Waals surface area contributed by atoms with E-state index < -0.39 is 0 Å². The number of aromatic nitrogens is 8. The fourth-order valence-corrected chi connectivity index (χ4v) is 4.20. The van der Waals surface area contributed by atoms with Crippen LogP contribution in [0.1, 0.15) is 6.92 Å². The molecule has 10 heteroatoms. The third kappa shape index (κ3) is 3.57. The van der Waals surface area contributed by atoms with E-state index >= 15 is 0 Å². The summed E-state index contributed by atoms with van der Waals surface area (Å²) in [5, 5.41) is 8.69. The lowest BCUT2D eigenvalue weighted by molar-refractivity contribution is 0.122. The van der Waals surface area contributed by atoms with Crippen LogP contribution in [0.3, 0.4) is 0 Å². The maximum absolute atomic E-state index is 5.57. The van der Waals surface area contributed by atoms with Crippen molar-refractivity contribution in [3.63, 3.8) is 0 Å². The molecular formula is C24H23N9O. The number of hydrogen-bond acceptors (Lipinski definition) is 8. The van der Waals surface area contributed by atoms with Crippen molar-refractivity contribution < 1.29 is 4.74 Å². The third-order valence-electron chi connectivity index (χ3n) is 5.90. The average molecular weight is 454 g/mol. The van der Waals surface area contributed by atoms with Crippen LogP contribution in [0.25, 0.3) is 39.8 Å². The summed E-state index contributed by atoms with van der Waals surface area (Å²) < 4.78 is 9.31. The average Bonchev–Trinajstić information content (AvgIpc) is 3.55. The van der Waals surface area contributed by atoms with Gasteiger partial charge in [0.05, 0.1) is 19.4 Å². The monoisotopic (exact) mass is 453 g/mol. The Bertz CT molecular complexity index is 1420. The Hall–Kier alpha value is -4.18. The van der Waals surface area contributed by atoms with Crippen LogP contribution < -0.4 is 4.90 Å². The molecule has 0 atom stereocenters. The van der Waals surface area contributed by atoms with Crippen LogP contribution in [0.5, 0.6) is 0 Å². The molecule has 1 aromatic carbocycles. The number of benzene rings is 1. The van der Waals surface area contributed by atoms with E-state index in [1.54, 1.807) is 17.1 Å². The van der Waals surface area contributed by atoms with Gasteiger partial charge >= 0.3 is 0 Å². The molecule has 0 N–H and O–H groups in total. The van der Waals surface area contributed by atoms with Gasteiger partial charge in [0, 0.05) is 43.2 Å². The molecule has 1 aliphatic rings. The highest BCUT2D eigenvalue weighted by atomic mass is 16.5. The van der Waals surface area contributed by atoms with Crippen molar-refractivity contribution in [3.05, 3.63) is 61.1 Å². The standard InChI is InChI=1S/C24H23N9O/c1-2-32-21(18-8-10-25-11-9-18)26-20-22(31-12-14-34-15-13-31)27-24(28-23(20)32)33-16-19(29-30-33)17-6-4-3-5-7-17/h3-11,16H,2,12-15H2,1H3. The Morgan fingerprint density at radius 3 is 2.47 bits per heavy atom. The summed E-state index contributed by atoms with van der Waals surface area (Å²) in [6.07, 6.45) is 5.40. The molecule has 170 valence electrons. The summed E-state index contributed by atoms with van der Waals surface area (Å²) in [4.78, 5) is 21.2. The normalized spacial score (nSPS) is 14.1. The molecule has 0 aliphatic carbocycles. The number of fused-ring (bicyclic) bond motifs is 1. The third-order valence-corrected chi connectivity index (χ3v) is 5.90. The number of aryl methyl sites for hydroxylation is 1. The predicted octanol–water partition coefficient (Wildman–Crippen LogP) is 2.99. The summed E-state index contributed by atoms with van der Waals surface area (Å²) in [7, 11) is 0. The van der Waals surface area contributed by atoms with Crippen molar-refractivity contribution in [2.24, 2.45) is 0 Å². The molecule has 0 radical (unpaired) electrons. The molecule has 10 nitrogen and oxygen atoms in total. The quantitative estimate of drug-likeness (QED) is 0.400. The molecule has 0 bridgehead atoms. The Labute approximate surface area is 195 Å². The number of hydrogen-bond donors (Lipinski definition) is 0. The lowest BCUT2D eigenvalue weighted by Crippen LogP contribution is -2.37. The Balaban J connectivity index is 1.54. The van der Waals surface area contributed by atoms with Gasteiger partial charge in [-0.25, -0.2) is 4.98 Å². The number of morpholine rings is 1. The van der Waals surface area contributed by atoms with E-state index in [0.717, 1.165) is 52.7 Å². The zero-order valence-corrected chi connectivity index (χ0v) is 18.7. The van der Waals surface area contributed by atoms with E-state index in [-0.39, 0.29) is 0 Å². The number of rotatable bonds is 5. The van der Waals surface area contributed by atoms with Gasteiger partial charge in [-0.1, -0.05) is 35.5 Å². The van der Waals surface area contributed by atoms with Gasteiger partial charge < -0.3 is 14.2 Å². The van der Waals surface area contributed by atoms with Crippen molar-refractivity contribution in [1.82, 2.24) is 39.5 Å². The lowest BCUT2D eigenvalue weighted by atomic mass is 10.2. The molecule has 1 saturated heterocycles. The second-order valence-electron chi connectivity index (χ2n) is 7.95. The first-order valence-corrected chi connectivity index (χ1v) is 11.3. The summed E-state index contributed by atoms with van der Waals surface area (Å²) in [5.74, 6) is 2.08. The zero-order valence-electron chi connectivity index (χ0n) is 18.7. The molecule has 0 unspecified atom stereocenters. The topological polar surface area (TPSA) is 99.7 Å². The fraction of sp³-hybridized carbons (Fsp3) is 0.250.